The smallest absolute Gasteiger partial charge is 0.269 e. The van der Waals surface area contributed by atoms with Crippen molar-refractivity contribution in [2.45, 2.75) is 19.4 Å². The van der Waals surface area contributed by atoms with Gasteiger partial charge < -0.3 is 16.8 Å². The molecule has 2 aromatic carbocycles. The summed E-state index contributed by atoms with van der Waals surface area (Å²) < 4.78 is 15.1. The minimum atomic E-state index is -0.641. The zero-order valence-corrected chi connectivity index (χ0v) is 19.1. The van der Waals surface area contributed by atoms with E-state index in [4.69, 9.17) is 23.1 Å². The van der Waals surface area contributed by atoms with Gasteiger partial charge in [0.05, 0.1) is 27.7 Å². The van der Waals surface area contributed by atoms with Gasteiger partial charge in [-0.2, -0.15) is 5.10 Å². The molecule has 0 saturated heterocycles. The molecule has 8 nitrogen and oxygen atoms in total. The Morgan fingerprint density at radius 3 is 2.60 bits per heavy atom. The van der Waals surface area contributed by atoms with E-state index in [1.165, 1.54) is 18.3 Å². The van der Waals surface area contributed by atoms with Gasteiger partial charge in [0.25, 0.3) is 11.8 Å². The number of nitrogens with two attached hydrogens (primary N) is 2. The zero-order valence-electron chi connectivity index (χ0n) is 18.4. The molecule has 2 heterocycles. The number of nitrogens with zero attached hydrogens (tertiary/aromatic N) is 3. The number of nitrogens with one attached hydrogen (secondary N) is 1. The molecule has 5 N–H and O–H groups in total. The monoisotopic (exact) mass is 490 g/mol. The normalized spacial score (nSPS) is 12.1. The van der Waals surface area contributed by atoms with Gasteiger partial charge >= 0.3 is 0 Å². The molecular weight excluding hydrogens is 471 g/mol. The molecule has 1 aliphatic rings. The quantitative estimate of drug-likeness (QED) is 0.393. The lowest BCUT2D eigenvalue weighted by Gasteiger charge is -2.20. The van der Waals surface area contributed by atoms with E-state index in [-0.39, 0.29) is 28.6 Å². The first kappa shape index (κ1) is 22.7. The average Bonchev–Trinajstić information content (AvgIpc) is 3.25. The molecule has 176 valence electrons. The molecule has 1 aliphatic carbocycles. The maximum absolute atomic E-state index is 13.5. The molecule has 0 aliphatic heterocycles. The van der Waals surface area contributed by atoms with Crippen molar-refractivity contribution in [3.8, 4) is 16.9 Å². The number of hydrogen-bond acceptors (Lipinski definition) is 5. The third-order valence-corrected chi connectivity index (χ3v) is 6.22. The third kappa shape index (κ3) is 4.16. The molecular formula is C25H20ClFN6O2. The zero-order chi connectivity index (χ0) is 24.7. The minimum Gasteiger partial charge on any atom is -0.364 e. The SMILES string of the molecule is NCc1cc(C(=O)Nc2ccc3c(c2)-c2c(c(C(N)=O)nn2-c2ccc(F)cc2)CC3)c(Cl)cn1. The van der Waals surface area contributed by atoms with E-state index in [1.54, 1.807) is 28.9 Å². The lowest BCUT2D eigenvalue weighted by Crippen LogP contribution is -2.16. The molecule has 0 bridgehead atoms. The van der Waals surface area contributed by atoms with Crippen LogP contribution in [0, 0.1) is 5.82 Å². The summed E-state index contributed by atoms with van der Waals surface area (Å²) in [6.45, 7) is 0.175. The molecule has 0 saturated carbocycles. The minimum absolute atomic E-state index is 0.169. The van der Waals surface area contributed by atoms with Crippen molar-refractivity contribution in [3.05, 3.63) is 93.6 Å². The van der Waals surface area contributed by atoms with Crippen LogP contribution in [0.25, 0.3) is 16.9 Å². The second-order valence-electron chi connectivity index (χ2n) is 8.11. The van der Waals surface area contributed by atoms with Crippen molar-refractivity contribution in [2.75, 3.05) is 5.32 Å². The van der Waals surface area contributed by atoms with Gasteiger partial charge in [0.15, 0.2) is 5.69 Å². The van der Waals surface area contributed by atoms with Gasteiger partial charge in [-0.05, 0) is 60.9 Å². The second kappa shape index (κ2) is 8.94. The van der Waals surface area contributed by atoms with Crippen LogP contribution in [0.1, 0.15) is 37.7 Å². The summed E-state index contributed by atoms with van der Waals surface area (Å²) >= 11 is 6.18. The van der Waals surface area contributed by atoms with Gasteiger partial charge in [0.1, 0.15) is 5.82 Å². The predicted octanol–water partition coefficient (Wildman–Crippen LogP) is 3.64. The summed E-state index contributed by atoms with van der Waals surface area (Å²) in [5.74, 6) is -1.44. The first-order valence-electron chi connectivity index (χ1n) is 10.8. The van der Waals surface area contributed by atoms with Crippen LogP contribution in [0.3, 0.4) is 0 Å². The first-order chi connectivity index (χ1) is 16.9. The Bertz CT molecular complexity index is 1480. The molecule has 35 heavy (non-hydrogen) atoms. The lowest BCUT2D eigenvalue weighted by atomic mass is 9.88. The highest BCUT2D eigenvalue weighted by Gasteiger charge is 2.28. The van der Waals surface area contributed by atoms with Crippen LogP contribution >= 0.6 is 11.6 Å². The van der Waals surface area contributed by atoms with E-state index in [0.29, 0.717) is 41.2 Å². The molecule has 2 aromatic heterocycles. The molecule has 2 amide bonds. The number of amides is 2. The maximum Gasteiger partial charge on any atom is 0.269 e. The molecule has 0 fully saturated rings. The summed E-state index contributed by atoms with van der Waals surface area (Å²) in [6.07, 6.45) is 2.63. The van der Waals surface area contributed by atoms with Crippen molar-refractivity contribution in [1.82, 2.24) is 14.8 Å². The largest absolute Gasteiger partial charge is 0.364 e. The predicted molar refractivity (Wildman–Crippen MR) is 130 cm³/mol. The Balaban J connectivity index is 1.58. The Kier molecular flexibility index (Phi) is 5.80. The van der Waals surface area contributed by atoms with Crippen molar-refractivity contribution in [3.63, 3.8) is 0 Å². The fraction of sp³-hybridized carbons (Fsp3) is 0.120. The molecule has 0 spiro atoms. The van der Waals surface area contributed by atoms with Crippen LogP contribution in [0.15, 0.2) is 54.7 Å². The standard InChI is InChI=1S/C25H20ClFN6O2/c26-21-12-30-16(11-28)10-20(21)25(35)31-15-5-1-13-2-8-18-22(24(29)34)32-33(23(18)19(13)9-15)17-6-3-14(27)4-7-17/h1,3-7,9-10,12H,2,8,11,28H2,(H2,29,34)(H,31,35). The molecule has 0 radical (unpaired) electrons. The van der Waals surface area contributed by atoms with Crippen LogP contribution in [0.4, 0.5) is 10.1 Å². The third-order valence-electron chi connectivity index (χ3n) is 5.92. The molecule has 0 unspecified atom stereocenters. The Hall–Kier alpha value is -4.08. The van der Waals surface area contributed by atoms with Crippen LogP contribution in [-0.4, -0.2) is 26.6 Å². The molecule has 5 rings (SSSR count). The summed E-state index contributed by atoms with van der Waals surface area (Å²) in [5.41, 5.74) is 16.5. The number of hydrogen-bond donors (Lipinski definition) is 3. The van der Waals surface area contributed by atoms with E-state index in [1.807, 2.05) is 12.1 Å². The summed E-state index contributed by atoms with van der Waals surface area (Å²) in [6, 6.07) is 12.9. The highest BCUT2D eigenvalue weighted by atomic mass is 35.5. The van der Waals surface area contributed by atoms with Crippen LogP contribution < -0.4 is 16.8 Å². The molecule has 4 aromatic rings. The Morgan fingerprint density at radius 1 is 1.11 bits per heavy atom. The van der Waals surface area contributed by atoms with Gasteiger partial charge in [-0.15, -0.1) is 0 Å². The number of fused-ring (bicyclic) bond motifs is 3. The van der Waals surface area contributed by atoms with Gasteiger partial charge in [0.2, 0.25) is 0 Å². The number of carbonyl (C=O) groups excluding carboxylic acids is 2. The van der Waals surface area contributed by atoms with E-state index in [9.17, 15) is 14.0 Å². The topological polar surface area (TPSA) is 129 Å². The van der Waals surface area contributed by atoms with Crippen molar-refractivity contribution >= 4 is 29.1 Å². The lowest BCUT2D eigenvalue weighted by molar-refractivity contribution is 0.0992. The van der Waals surface area contributed by atoms with E-state index in [0.717, 1.165) is 11.1 Å². The maximum atomic E-state index is 13.5. The first-order valence-corrected chi connectivity index (χ1v) is 11.2. The second-order valence-corrected chi connectivity index (χ2v) is 8.52. The van der Waals surface area contributed by atoms with E-state index in [2.05, 4.69) is 15.4 Å². The number of primary amides is 1. The fourth-order valence-corrected chi connectivity index (χ4v) is 4.44. The van der Waals surface area contributed by atoms with Crippen LogP contribution in [0.5, 0.6) is 0 Å². The number of pyridine rings is 1. The molecule has 0 atom stereocenters. The van der Waals surface area contributed by atoms with E-state index >= 15 is 0 Å². The van der Waals surface area contributed by atoms with Gasteiger partial charge in [-0.25, -0.2) is 9.07 Å². The van der Waals surface area contributed by atoms with Crippen molar-refractivity contribution < 1.29 is 14.0 Å². The van der Waals surface area contributed by atoms with E-state index < -0.39 is 11.8 Å². The number of carbonyl (C=O) groups is 2. The van der Waals surface area contributed by atoms with Crippen molar-refractivity contribution in [2.24, 2.45) is 11.5 Å². The Labute approximate surface area is 204 Å². The molecule has 10 heteroatoms. The number of aromatic nitrogens is 3. The van der Waals surface area contributed by atoms with Gasteiger partial charge in [0, 0.05) is 29.6 Å². The highest BCUT2D eigenvalue weighted by Crippen LogP contribution is 2.38. The van der Waals surface area contributed by atoms with Gasteiger partial charge in [-0.1, -0.05) is 17.7 Å². The van der Waals surface area contributed by atoms with Crippen LogP contribution in [-0.2, 0) is 19.4 Å². The summed E-state index contributed by atoms with van der Waals surface area (Å²) in [4.78, 5) is 29.2. The number of halogens is 2. The van der Waals surface area contributed by atoms with Crippen LogP contribution in [0.2, 0.25) is 5.02 Å². The number of aryl methyl sites for hydroxylation is 1. The summed E-state index contributed by atoms with van der Waals surface area (Å²) in [5, 5.41) is 7.53. The average molecular weight is 491 g/mol. The highest BCUT2D eigenvalue weighted by molar-refractivity contribution is 6.34. The van der Waals surface area contributed by atoms with Crippen molar-refractivity contribution in [1.29, 1.82) is 0 Å². The number of benzene rings is 2. The summed E-state index contributed by atoms with van der Waals surface area (Å²) in [7, 11) is 0. The Morgan fingerprint density at radius 2 is 1.89 bits per heavy atom. The number of anilines is 1. The van der Waals surface area contributed by atoms with Gasteiger partial charge in [-0.3, -0.25) is 14.6 Å². The fourth-order valence-electron chi connectivity index (χ4n) is 4.25. The number of rotatable bonds is 5.